The number of oxazole rings is 2. The van der Waals surface area contributed by atoms with E-state index in [2.05, 4.69) is 30.6 Å². The van der Waals surface area contributed by atoms with Gasteiger partial charge in [0.15, 0.2) is 17.5 Å². The van der Waals surface area contributed by atoms with Gasteiger partial charge in [0, 0.05) is 49.7 Å². The van der Waals surface area contributed by atoms with Crippen LogP contribution in [0.25, 0.3) is 22.2 Å². The fourth-order valence-corrected chi connectivity index (χ4v) is 6.77. The number of hydrogen-bond donors (Lipinski definition) is 3. The van der Waals surface area contributed by atoms with E-state index in [9.17, 15) is 4.79 Å². The number of benzene rings is 2. The number of fused-ring (bicyclic) bond motifs is 2. The molecule has 4 aromatic heterocycles. The van der Waals surface area contributed by atoms with Crippen molar-refractivity contribution in [2.75, 3.05) is 23.7 Å². The molecule has 0 unspecified atom stereocenters. The van der Waals surface area contributed by atoms with Gasteiger partial charge in [-0.1, -0.05) is 38.5 Å². The summed E-state index contributed by atoms with van der Waals surface area (Å²) in [4.78, 5) is 27.8. The molecule has 0 bridgehead atoms. The number of nitrogens with zero attached hydrogens (tertiary/aromatic N) is 4. The highest BCUT2D eigenvalue weighted by Crippen LogP contribution is 2.30. The standard InChI is InChI=1S/C20H23N3O3.C20H21N3O3/c2*24-13-15-10-17(8-9-21-15)25-16-6-7-18-19(11-16)26-20(23-18)22-12-14-4-2-1-3-5-14/h6-11,14,24H,1-5,12-13H2,(H,22,23);6-11,13-14H,1-5,12H2,(H,22,23). The number of pyridine rings is 2. The van der Waals surface area contributed by atoms with Gasteiger partial charge in [0.1, 0.15) is 39.7 Å². The molecule has 6 aromatic rings. The molecule has 2 aromatic carbocycles. The van der Waals surface area contributed by atoms with Crippen LogP contribution in [-0.2, 0) is 6.61 Å². The fourth-order valence-electron chi connectivity index (χ4n) is 6.77. The Morgan fingerprint density at radius 2 is 1.15 bits per heavy atom. The number of ether oxygens (including phenoxy) is 2. The second-order valence-electron chi connectivity index (χ2n) is 13.4. The van der Waals surface area contributed by atoms with Gasteiger partial charge in [-0.15, -0.1) is 0 Å². The highest BCUT2D eigenvalue weighted by atomic mass is 16.5. The zero-order valence-electron chi connectivity index (χ0n) is 29.1. The Morgan fingerprint density at radius 1 is 0.654 bits per heavy atom. The number of hydrogen-bond acceptors (Lipinski definition) is 12. The normalized spacial score (nSPS) is 15.2. The summed E-state index contributed by atoms with van der Waals surface area (Å²) in [6.45, 7) is 1.70. The van der Waals surface area contributed by atoms with Crippen LogP contribution in [0.5, 0.6) is 23.0 Å². The van der Waals surface area contributed by atoms with Crippen LogP contribution in [0.4, 0.5) is 12.0 Å². The molecule has 0 radical (unpaired) electrons. The molecule has 2 aliphatic carbocycles. The van der Waals surface area contributed by atoms with Crippen LogP contribution in [-0.4, -0.2) is 44.4 Å². The largest absolute Gasteiger partial charge is 0.457 e. The van der Waals surface area contributed by atoms with Gasteiger partial charge in [0.05, 0.1) is 12.3 Å². The Balaban J connectivity index is 0.000000162. The predicted molar refractivity (Wildman–Crippen MR) is 198 cm³/mol. The second kappa shape index (κ2) is 17.1. The van der Waals surface area contributed by atoms with Crippen LogP contribution in [0.15, 0.2) is 81.9 Å². The van der Waals surface area contributed by atoms with Crippen molar-refractivity contribution < 1.29 is 28.2 Å². The Bertz CT molecular complexity index is 2070. The van der Waals surface area contributed by atoms with Gasteiger partial charge >= 0.3 is 0 Å². The van der Waals surface area contributed by atoms with Crippen LogP contribution < -0.4 is 20.1 Å². The van der Waals surface area contributed by atoms with Crippen molar-refractivity contribution in [3.8, 4) is 23.0 Å². The number of aliphatic hydroxyl groups is 1. The van der Waals surface area contributed by atoms with E-state index in [0.29, 0.717) is 75.7 Å². The van der Waals surface area contributed by atoms with E-state index in [1.165, 1.54) is 64.2 Å². The maximum absolute atomic E-state index is 10.8. The number of carbonyl (C=O) groups is 1. The molecule has 2 fully saturated rings. The first-order valence-corrected chi connectivity index (χ1v) is 18.2. The minimum atomic E-state index is -0.117. The highest BCUT2D eigenvalue weighted by Gasteiger charge is 2.16. The summed E-state index contributed by atoms with van der Waals surface area (Å²) in [5.41, 5.74) is 3.83. The average Bonchev–Trinajstić information content (AvgIpc) is 3.80. The number of aliphatic hydroxyl groups excluding tert-OH is 1. The molecule has 8 rings (SSSR count). The molecule has 2 aliphatic rings. The highest BCUT2D eigenvalue weighted by molar-refractivity contribution is 5.77. The summed E-state index contributed by atoms with van der Waals surface area (Å²) < 4.78 is 23.3. The summed E-state index contributed by atoms with van der Waals surface area (Å²) in [5, 5.41) is 15.8. The van der Waals surface area contributed by atoms with Gasteiger partial charge in [-0.2, -0.15) is 9.97 Å². The molecule has 0 atom stereocenters. The molecule has 0 amide bonds. The Hall–Kier alpha value is -5.49. The van der Waals surface area contributed by atoms with Crippen molar-refractivity contribution in [1.29, 1.82) is 0 Å². The number of rotatable bonds is 12. The van der Waals surface area contributed by atoms with Crippen molar-refractivity contribution in [3.05, 3.63) is 84.4 Å². The first-order valence-electron chi connectivity index (χ1n) is 18.2. The van der Waals surface area contributed by atoms with E-state index < -0.39 is 0 Å². The summed E-state index contributed by atoms with van der Waals surface area (Å²) in [6, 6.07) is 18.9. The summed E-state index contributed by atoms with van der Waals surface area (Å²) in [7, 11) is 0. The van der Waals surface area contributed by atoms with Gasteiger partial charge in [-0.25, -0.2) is 0 Å². The van der Waals surface area contributed by atoms with Crippen molar-refractivity contribution in [2.24, 2.45) is 11.8 Å². The van der Waals surface area contributed by atoms with E-state index in [4.69, 9.17) is 23.4 Å². The fraction of sp³-hybridized carbons (Fsp3) is 0.375. The lowest BCUT2D eigenvalue weighted by Crippen LogP contribution is -2.17. The second-order valence-corrected chi connectivity index (χ2v) is 13.4. The third-order valence-corrected chi connectivity index (χ3v) is 9.55. The van der Waals surface area contributed by atoms with Crippen molar-refractivity contribution in [2.45, 2.75) is 70.8 Å². The number of aromatic nitrogens is 4. The lowest BCUT2D eigenvalue weighted by atomic mass is 9.89. The van der Waals surface area contributed by atoms with Crippen molar-refractivity contribution >= 4 is 40.5 Å². The number of anilines is 2. The zero-order valence-corrected chi connectivity index (χ0v) is 29.1. The molecule has 12 heteroatoms. The molecule has 2 saturated carbocycles. The Kier molecular flexibility index (Phi) is 11.5. The van der Waals surface area contributed by atoms with Crippen LogP contribution in [0.3, 0.4) is 0 Å². The molecular formula is C40H44N6O6. The molecule has 3 N–H and O–H groups in total. The van der Waals surface area contributed by atoms with E-state index in [0.717, 1.165) is 24.1 Å². The number of carbonyl (C=O) groups excluding carboxylic acids is 1. The smallest absolute Gasteiger partial charge is 0.295 e. The van der Waals surface area contributed by atoms with Crippen LogP contribution in [0, 0.1) is 11.8 Å². The van der Waals surface area contributed by atoms with Gasteiger partial charge in [-0.05, 0) is 73.9 Å². The lowest BCUT2D eigenvalue weighted by Gasteiger charge is -2.21. The van der Waals surface area contributed by atoms with Gasteiger partial charge in [0.2, 0.25) is 0 Å². The Labute approximate surface area is 302 Å². The SMILES string of the molecule is O=Cc1cc(Oc2ccc3nc(NCC4CCCCC4)oc3c2)ccn1.OCc1cc(Oc2ccc3nc(NCC4CCCCC4)oc3c2)ccn1. The summed E-state index contributed by atoms with van der Waals surface area (Å²) >= 11 is 0. The summed E-state index contributed by atoms with van der Waals surface area (Å²) in [6.07, 6.45) is 17.0. The van der Waals surface area contributed by atoms with Gasteiger partial charge < -0.3 is 34.0 Å². The zero-order chi connectivity index (χ0) is 35.5. The molecule has 0 spiro atoms. The van der Waals surface area contributed by atoms with E-state index in [-0.39, 0.29) is 6.61 Å². The minimum Gasteiger partial charge on any atom is -0.457 e. The molecule has 52 heavy (non-hydrogen) atoms. The van der Waals surface area contributed by atoms with Gasteiger partial charge in [0.25, 0.3) is 12.0 Å². The lowest BCUT2D eigenvalue weighted by molar-refractivity contribution is 0.111. The molecular weight excluding hydrogens is 660 g/mol. The van der Waals surface area contributed by atoms with Gasteiger partial charge in [-0.3, -0.25) is 14.8 Å². The van der Waals surface area contributed by atoms with Crippen molar-refractivity contribution in [1.82, 2.24) is 19.9 Å². The molecule has 0 aliphatic heterocycles. The predicted octanol–water partition coefficient (Wildman–Crippen LogP) is 9.32. The third kappa shape index (κ3) is 9.43. The first-order chi connectivity index (χ1) is 25.6. The molecule has 12 nitrogen and oxygen atoms in total. The van der Waals surface area contributed by atoms with Crippen LogP contribution in [0.2, 0.25) is 0 Å². The Morgan fingerprint density at radius 3 is 1.67 bits per heavy atom. The maximum atomic E-state index is 10.8. The maximum Gasteiger partial charge on any atom is 0.295 e. The quantitative estimate of drug-likeness (QED) is 0.104. The minimum absolute atomic E-state index is 0.117. The monoisotopic (exact) mass is 704 g/mol. The van der Waals surface area contributed by atoms with E-state index >= 15 is 0 Å². The third-order valence-electron chi connectivity index (χ3n) is 9.55. The molecule has 4 heterocycles. The van der Waals surface area contributed by atoms with Crippen LogP contribution >= 0.6 is 0 Å². The molecule has 0 saturated heterocycles. The summed E-state index contributed by atoms with van der Waals surface area (Å²) in [5.74, 6) is 3.87. The van der Waals surface area contributed by atoms with E-state index in [1.807, 2.05) is 30.3 Å². The first kappa shape index (κ1) is 34.9. The average molecular weight is 705 g/mol. The topological polar surface area (TPSA) is 158 Å². The van der Waals surface area contributed by atoms with Crippen molar-refractivity contribution in [3.63, 3.8) is 0 Å². The van der Waals surface area contributed by atoms with Crippen LogP contribution in [0.1, 0.15) is 80.4 Å². The molecule has 270 valence electrons. The van der Waals surface area contributed by atoms with E-state index in [1.54, 1.807) is 42.7 Å². The number of nitrogens with one attached hydrogen (secondary N) is 2. The number of aldehydes is 1.